The molecule has 0 unspecified atom stereocenters. The van der Waals surface area contributed by atoms with Crippen LogP contribution in [0, 0.1) is 0 Å². The predicted octanol–water partition coefficient (Wildman–Crippen LogP) is 5.61. The molecule has 2 N–H and O–H groups in total. The van der Waals surface area contributed by atoms with Crippen molar-refractivity contribution in [1.29, 1.82) is 0 Å². The SMILES string of the molecule is Clc1cnc2nc1Nc1cccc(c1)OCCc1cc(cc(-c3cccnc3)c1)N2. The first-order valence-electron chi connectivity index (χ1n) is 9.57. The smallest absolute Gasteiger partial charge is 0.229 e. The van der Waals surface area contributed by atoms with Gasteiger partial charge in [0.1, 0.15) is 10.8 Å². The molecule has 2 aromatic heterocycles. The number of fused-ring (bicyclic) bond motifs is 6. The standard InChI is InChI=1S/C23H18ClN5O/c24-21-14-26-23-28-19-10-15(9-17(11-19)16-3-2-7-25-13-16)6-8-30-20-5-1-4-18(12-20)27-22(21)29-23/h1-5,7,9-14H,6,8H2,(H2,26,27,28,29). The Bertz CT molecular complexity index is 1200. The maximum Gasteiger partial charge on any atom is 0.229 e. The summed E-state index contributed by atoms with van der Waals surface area (Å²) in [7, 11) is 0. The van der Waals surface area contributed by atoms with Crippen molar-refractivity contribution in [3.63, 3.8) is 0 Å². The minimum atomic E-state index is 0.434. The predicted molar refractivity (Wildman–Crippen MR) is 119 cm³/mol. The Balaban J connectivity index is 1.59. The van der Waals surface area contributed by atoms with E-state index in [1.807, 2.05) is 42.6 Å². The van der Waals surface area contributed by atoms with Crippen molar-refractivity contribution in [2.75, 3.05) is 17.2 Å². The maximum absolute atomic E-state index is 6.31. The van der Waals surface area contributed by atoms with Crippen molar-refractivity contribution in [2.45, 2.75) is 6.42 Å². The number of nitrogens with one attached hydrogen (secondary N) is 2. The second-order valence-corrected chi connectivity index (χ2v) is 7.33. The molecule has 0 saturated carbocycles. The number of hydrogen-bond donors (Lipinski definition) is 2. The Labute approximate surface area is 179 Å². The largest absolute Gasteiger partial charge is 0.493 e. The maximum atomic E-state index is 6.31. The summed E-state index contributed by atoms with van der Waals surface area (Å²) in [6.45, 7) is 0.557. The van der Waals surface area contributed by atoms with Crippen molar-refractivity contribution in [3.05, 3.63) is 83.8 Å². The fourth-order valence-electron chi connectivity index (χ4n) is 3.34. The lowest BCUT2D eigenvalue weighted by Gasteiger charge is -2.15. The van der Waals surface area contributed by atoms with Crippen LogP contribution in [-0.4, -0.2) is 21.6 Å². The average Bonchev–Trinajstić information content (AvgIpc) is 2.76. The van der Waals surface area contributed by atoms with E-state index in [4.69, 9.17) is 16.3 Å². The zero-order chi connectivity index (χ0) is 20.3. The number of halogens is 1. The molecule has 148 valence electrons. The third-order valence-electron chi connectivity index (χ3n) is 4.74. The number of hydrogen-bond acceptors (Lipinski definition) is 6. The van der Waals surface area contributed by atoms with Gasteiger partial charge in [-0.1, -0.05) is 29.8 Å². The number of pyridine rings is 1. The van der Waals surface area contributed by atoms with Crippen molar-refractivity contribution in [2.24, 2.45) is 0 Å². The Morgan fingerprint density at radius 2 is 1.87 bits per heavy atom. The molecule has 7 heteroatoms. The highest BCUT2D eigenvalue weighted by Gasteiger charge is 2.10. The lowest BCUT2D eigenvalue weighted by Crippen LogP contribution is -2.05. The van der Waals surface area contributed by atoms with E-state index in [1.54, 1.807) is 12.4 Å². The number of anilines is 4. The van der Waals surface area contributed by atoms with E-state index in [2.05, 4.69) is 43.8 Å². The molecule has 5 rings (SSSR count). The summed E-state index contributed by atoms with van der Waals surface area (Å²) in [6, 6.07) is 18.0. The van der Waals surface area contributed by atoms with Crippen LogP contribution in [0.25, 0.3) is 11.1 Å². The lowest BCUT2D eigenvalue weighted by molar-refractivity contribution is 0.322. The quantitative estimate of drug-likeness (QED) is 0.420. The van der Waals surface area contributed by atoms with Gasteiger partial charge in [-0.2, -0.15) is 4.98 Å². The van der Waals surface area contributed by atoms with E-state index in [1.165, 1.54) is 0 Å². The van der Waals surface area contributed by atoms with E-state index in [9.17, 15) is 0 Å². The molecule has 0 saturated heterocycles. The summed E-state index contributed by atoms with van der Waals surface area (Å²) in [5.74, 6) is 1.76. The highest BCUT2D eigenvalue weighted by molar-refractivity contribution is 6.32. The van der Waals surface area contributed by atoms with Crippen molar-refractivity contribution in [3.8, 4) is 16.9 Å². The van der Waals surface area contributed by atoms with E-state index < -0.39 is 0 Å². The molecule has 0 fully saturated rings. The number of nitrogens with zero attached hydrogens (tertiary/aromatic N) is 3. The molecule has 0 aliphatic carbocycles. The highest BCUT2D eigenvalue weighted by atomic mass is 35.5. The Morgan fingerprint density at radius 1 is 0.900 bits per heavy atom. The first-order chi connectivity index (χ1) is 14.7. The van der Waals surface area contributed by atoms with Gasteiger partial charge in [-0.25, -0.2) is 4.98 Å². The van der Waals surface area contributed by atoms with Gasteiger partial charge in [0, 0.05) is 41.8 Å². The van der Waals surface area contributed by atoms with Gasteiger partial charge in [0.2, 0.25) is 5.95 Å². The molecule has 0 amide bonds. The fraction of sp³-hybridized carbons (Fsp3) is 0.0870. The third-order valence-corrected chi connectivity index (χ3v) is 5.02. The molecule has 4 aromatic rings. The van der Waals surface area contributed by atoms with Crippen LogP contribution in [-0.2, 0) is 6.42 Å². The summed E-state index contributed by atoms with van der Waals surface area (Å²) in [5.41, 5.74) is 4.96. The van der Waals surface area contributed by atoms with E-state index >= 15 is 0 Å². The van der Waals surface area contributed by atoms with Crippen molar-refractivity contribution in [1.82, 2.24) is 15.0 Å². The van der Waals surface area contributed by atoms with Gasteiger partial charge in [0.15, 0.2) is 5.82 Å². The zero-order valence-corrected chi connectivity index (χ0v) is 16.7. The minimum Gasteiger partial charge on any atom is -0.493 e. The van der Waals surface area contributed by atoms with Gasteiger partial charge >= 0.3 is 0 Å². The van der Waals surface area contributed by atoms with Crippen LogP contribution in [0.2, 0.25) is 5.02 Å². The van der Waals surface area contributed by atoms with Crippen LogP contribution in [0.1, 0.15) is 5.56 Å². The molecule has 6 bridgehead atoms. The van der Waals surface area contributed by atoms with Gasteiger partial charge in [0.25, 0.3) is 0 Å². The molecular formula is C23H18ClN5O. The molecule has 0 radical (unpaired) electrons. The monoisotopic (exact) mass is 415 g/mol. The number of aromatic nitrogens is 3. The number of benzene rings is 2. The molecule has 0 spiro atoms. The Kier molecular flexibility index (Phi) is 4.91. The van der Waals surface area contributed by atoms with Crippen LogP contribution in [0.3, 0.4) is 0 Å². The molecule has 1 aliphatic heterocycles. The third kappa shape index (κ3) is 4.04. The summed E-state index contributed by atoms with van der Waals surface area (Å²) >= 11 is 6.31. The summed E-state index contributed by atoms with van der Waals surface area (Å²) in [6.07, 6.45) is 5.96. The summed E-state index contributed by atoms with van der Waals surface area (Å²) in [4.78, 5) is 13.1. The second kappa shape index (κ2) is 8.00. The number of rotatable bonds is 1. The first kappa shape index (κ1) is 18.4. The average molecular weight is 416 g/mol. The molecule has 30 heavy (non-hydrogen) atoms. The zero-order valence-electron chi connectivity index (χ0n) is 16.0. The van der Waals surface area contributed by atoms with Gasteiger partial charge in [-0.15, -0.1) is 0 Å². The summed E-state index contributed by atoms with van der Waals surface area (Å²) in [5, 5.41) is 6.97. The van der Waals surface area contributed by atoms with Crippen LogP contribution in [0.4, 0.5) is 23.1 Å². The van der Waals surface area contributed by atoms with Gasteiger partial charge in [-0.05, 0) is 41.5 Å². The molecular weight excluding hydrogens is 398 g/mol. The number of ether oxygens (including phenoxy) is 1. The molecule has 6 nitrogen and oxygen atoms in total. The molecule has 0 atom stereocenters. The highest BCUT2D eigenvalue weighted by Crippen LogP contribution is 2.29. The van der Waals surface area contributed by atoms with E-state index in [0.717, 1.165) is 40.2 Å². The Morgan fingerprint density at radius 3 is 2.77 bits per heavy atom. The molecule has 3 heterocycles. The van der Waals surface area contributed by atoms with Crippen molar-refractivity contribution >= 4 is 34.7 Å². The minimum absolute atomic E-state index is 0.434. The van der Waals surface area contributed by atoms with Crippen LogP contribution >= 0.6 is 11.6 Å². The second-order valence-electron chi connectivity index (χ2n) is 6.93. The van der Waals surface area contributed by atoms with Gasteiger partial charge in [0.05, 0.1) is 12.8 Å². The fourth-order valence-corrected chi connectivity index (χ4v) is 3.48. The topological polar surface area (TPSA) is 72.0 Å². The first-order valence-corrected chi connectivity index (χ1v) is 9.94. The van der Waals surface area contributed by atoms with Crippen molar-refractivity contribution < 1.29 is 4.74 Å². The van der Waals surface area contributed by atoms with Crippen LogP contribution < -0.4 is 15.4 Å². The van der Waals surface area contributed by atoms with Gasteiger partial charge in [-0.3, -0.25) is 4.98 Å². The Hall–Kier alpha value is -3.64. The van der Waals surface area contributed by atoms with Gasteiger partial charge < -0.3 is 15.4 Å². The molecule has 1 aliphatic rings. The lowest BCUT2D eigenvalue weighted by atomic mass is 10.0. The van der Waals surface area contributed by atoms with E-state index in [0.29, 0.717) is 23.4 Å². The van der Waals surface area contributed by atoms with Crippen LogP contribution in [0.5, 0.6) is 5.75 Å². The molecule has 2 aromatic carbocycles. The van der Waals surface area contributed by atoms with Crippen LogP contribution in [0.15, 0.2) is 73.2 Å². The normalized spacial score (nSPS) is 12.7. The summed E-state index contributed by atoms with van der Waals surface area (Å²) < 4.78 is 5.98. The van der Waals surface area contributed by atoms with E-state index in [-0.39, 0.29) is 0 Å².